The topological polar surface area (TPSA) is 74.8 Å². The molecule has 2 aromatic heterocycles. The standard InChI is InChI=1S/C19H16FN5O2S/c1-12-6-5-9-17(25-19(26)24(2)22-23-25)14(12)10-27-18-21-16(11-28-18)13-7-3-4-8-15(13)20/h3-9,11H,10H2,1-2H3. The number of thiazole rings is 1. The van der Waals surface area contributed by atoms with Crippen molar-refractivity contribution in [3.8, 4) is 22.1 Å². The minimum atomic E-state index is -0.345. The second-order valence-electron chi connectivity index (χ2n) is 6.14. The highest BCUT2D eigenvalue weighted by atomic mass is 32.1. The van der Waals surface area contributed by atoms with Gasteiger partial charge in [-0.05, 0) is 41.1 Å². The molecule has 0 fully saturated rings. The third-order valence-electron chi connectivity index (χ3n) is 4.31. The van der Waals surface area contributed by atoms with E-state index < -0.39 is 0 Å². The molecule has 0 unspecified atom stereocenters. The van der Waals surface area contributed by atoms with Crippen molar-refractivity contribution in [2.45, 2.75) is 13.5 Å². The third-order valence-corrected chi connectivity index (χ3v) is 5.06. The minimum absolute atomic E-state index is 0.190. The van der Waals surface area contributed by atoms with E-state index in [1.165, 1.54) is 29.1 Å². The number of hydrogen-bond donors (Lipinski definition) is 0. The predicted molar refractivity (Wildman–Crippen MR) is 103 cm³/mol. The summed E-state index contributed by atoms with van der Waals surface area (Å²) < 4.78 is 22.2. The van der Waals surface area contributed by atoms with Crippen LogP contribution in [0.25, 0.3) is 16.9 Å². The van der Waals surface area contributed by atoms with Crippen molar-refractivity contribution >= 4 is 11.3 Å². The lowest BCUT2D eigenvalue weighted by atomic mass is 10.1. The lowest BCUT2D eigenvalue weighted by molar-refractivity contribution is 0.303. The summed E-state index contributed by atoms with van der Waals surface area (Å²) in [5, 5.41) is 9.83. The number of tetrazole rings is 1. The fraction of sp³-hybridized carbons (Fsp3) is 0.158. The first-order valence-corrected chi connectivity index (χ1v) is 9.33. The molecule has 0 N–H and O–H groups in total. The first-order valence-electron chi connectivity index (χ1n) is 8.45. The third kappa shape index (κ3) is 3.31. The monoisotopic (exact) mass is 397 g/mol. The number of halogens is 1. The maximum absolute atomic E-state index is 13.9. The van der Waals surface area contributed by atoms with Crippen LogP contribution >= 0.6 is 11.3 Å². The van der Waals surface area contributed by atoms with E-state index in [1.807, 2.05) is 19.1 Å². The molecule has 0 saturated carbocycles. The van der Waals surface area contributed by atoms with E-state index in [-0.39, 0.29) is 18.1 Å². The van der Waals surface area contributed by atoms with Crippen molar-refractivity contribution in [3.63, 3.8) is 0 Å². The van der Waals surface area contributed by atoms with Crippen molar-refractivity contribution in [2.75, 3.05) is 0 Å². The van der Waals surface area contributed by atoms with Crippen LogP contribution in [0.3, 0.4) is 0 Å². The van der Waals surface area contributed by atoms with Gasteiger partial charge in [0.1, 0.15) is 12.4 Å². The van der Waals surface area contributed by atoms with E-state index in [0.29, 0.717) is 22.1 Å². The lowest BCUT2D eigenvalue weighted by Gasteiger charge is -2.11. The van der Waals surface area contributed by atoms with Gasteiger partial charge in [-0.25, -0.2) is 14.2 Å². The Hall–Kier alpha value is -3.33. The Morgan fingerprint density at radius 2 is 1.96 bits per heavy atom. The maximum atomic E-state index is 13.9. The molecular weight excluding hydrogens is 381 g/mol. The number of nitrogens with zero attached hydrogens (tertiary/aromatic N) is 5. The second kappa shape index (κ2) is 7.35. The molecule has 0 aliphatic heterocycles. The zero-order chi connectivity index (χ0) is 19.7. The average Bonchev–Trinajstić information content (AvgIpc) is 3.28. The van der Waals surface area contributed by atoms with Gasteiger partial charge in [0, 0.05) is 23.6 Å². The van der Waals surface area contributed by atoms with Gasteiger partial charge in [0.2, 0.25) is 0 Å². The molecule has 2 heterocycles. The van der Waals surface area contributed by atoms with E-state index in [2.05, 4.69) is 15.4 Å². The molecule has 0 aliphatic rings. The van der Waals surface area contributed by atoms with Gasteiger partial charge in [0.05, 0.1) is 11.4 Å². The zero-order valence-corrected chi connectivity index (χ0v) is 16.0. The maximum Gasteiger partial charge on any atom is 0.368 e. The number of aromatic nitrogens is 5. The smallest absolute Gasteiger partial charge is 0.368 e. The van der Waals surface area contributed by atoms with Crippen LogP contribution in [-0.4, -0.2) is 24.8 Å². The Morgan fingerprint density at radius 3 is 2.71 bits per heavy atom. The average molecular weight is 397 g/mol. The van der Waals surface area contributed by atoms with Gasteiger partial charge < -0.3 is 4.74 Å². The number of benzene rings is 2. The van der Waals surface area contributed by atoms with Crippen LogP contribution in [0.2, 0.25) is 0 Å². The summed E-state index contributed by atoms with van der Waals surface area (Å²) in [5.41, 5.74) is 2.95. The molecule has 0 radical (unpaired) electrons. The Labute approximate surface area is 163 Å². The van der Waals surface area contributed by atoms with Gasteiger partial charge in [-0.15, -0.1) is 0 Å². The Balaban J connectivity index is 1.61. The summed E-state index contributed by atoms with van der Waals surface area (Å²) in [5.74, 6) is -0.331. The summed E-state index contributed by atoms with van der Waals surface area (Å²) in [6.07, 6.45) is 0. The van der Waals surface area contributed by atoms with Gasteiger partial charge in [-0.2, -0.15) is 9.36 Å². The van der Waals surface area contributed by atoms with Crippen molar-refractivity contribution < 1.29 is 9.13 Å². The highest BCUT2D eigenvalue weighted by Crippen LogP contribution is 2.29. The number of ether oxygens (including phenoxy) is 1. The number of hydrogen-bond acceptors (Lipinski definition) is 6. The van der Waals surface area contributed by atoms with Crippen molar-refractivity contribution in [1.82, 2.24) is 24.8 Å². The molecule has 0 aliphatic carbocycles. The van der Waals surface area contributed by atoms with Crippen LogP contribution in [0.4, 0.5) is 4.39 Å². The molecule has 4 aromatic rings. The summed E-state index contributed by atoms with van der Waals surface area (Å²) >= 11 is 1.29. The normalized spacial score (nSPS) is 11.0. The van der Waals surface area contributed by atoms with E-state index >= 15 is 0 Å². The number of aryl methyl sites for hydroxylation is 2. The van der Waals surface area contributed by atoms with Crippen molar-refractivity contribution in [3.05, 3.63) is 75.3 Å². The quantitative estimate of drug-likeness (QED) is 0.517. The molecule has 0 bridgehead atoms. The van der Waals surface area contributed by atoms with Gasteiger partial charge in [0.25, 0.3) is 5.19 Å². The molecule has 9 heteroatoms. The van der Waals surface area contributed by atoms with Crippen LogP contribution < -0.4 is 10.4 Å². The molecular formula is C19H16FN5O2S. The molecule has 4 rings (SSSR count). The minimum Gasteiger partial charge on any atom is -0.465 e. The Morgan fingerprint density at radius 1 is 1.14 bits per heavy atom. The van der Waals surface area contributed by atoms with E-state index in [0.717, 1.165) is 15.8 Å². The van der Waals surface area contributed by atoms with Crippen molar-refractivity contribution in [1.29, 1.82) is 0 Å². The van der Waals surface area contributed by atoms with Gasteiger partial charge >= 0.3 is 5.69 Å². The first kappa shape index (κ1) is 18.1. The van der Waals surface area contributed by atoms with Crippen LogP contribution in [-0.2, 0) is 13.7 Å². The SMILES string of the molecule is Cc1cccc(-n2nnn(C)c2=O)c1COc1nc(-c2ccccc2F)cs1. The molecule has 0 amide bonds. The van der Waals surface area contributed by atoms with Gasteiger partial charge in [-0.3, -0.25) is 0 Å². The fourth-order valence-corrected chi connectivity index (χ4v) is 3.46. The van der Waals surface area contributed by atoms with E-state index in [4.69, 9.17) is 4.74 Å². The summed E-state index contributed by atoms with van der Waals surface area (Å²) in [6.45, 7) is 2.12. The fourth-order valence-electron chi connectivity index (χ4n) is 2.79. The number of rotatable bonds is 5. The predicted octanol–water partition coefficient (Wildman–Crippen LogP) is 3.12. The van der Waals surface area contributed by atoms with Gasteiger partial charge in [-0.1, -0.05) is 35.6 Å². The molecule has 28 heavy (non-hydrogen) atoms. The van der Waals surface area contributed by atoms with Crippen LogP contribution in [0.5, 0.6) is 5.19 Å². The first-order chi connectivity index (χ1) is 13.5. The molecule has 0 atom stereocenters. The second-order valence-corrected chi connectivity index (χ2v) is 6.96. The molecule has 2 aromatic carbocycles. The molecule has 0 spiro atoms. The Kier molecular flexibility index (Phi) is 4.74. The van der Waals surface area contributed by atoms with Crippen LogP contribution in [0, 0.1) is 12.7 Å². The van der Waals surface area contributed by atoms with Crippen LogP contribution in [0.15, 0.2) is 52.6 Å². The Bertz CT molecular complexity index is 1200. The molecule has 142 valence electrons. The van der Waals surface area contributed by atoms with Crippen LogP contribution in [0.1, 0.15) is 11.1 Å². The summed E-state index contributed by atoms with van der Waals surface area (Å²) in [6, 6.07) is 12.0. The molecule has 0 saturated heterocycles. The summed E-state index contributed by atoms with van der Waals surface area (Å²) in [7, 11) is 1.54. The highest BCUT2D eigenvalue weighted by Gasteiger charge is 2.15. The lowest BCUT2D eigenvalue weighted by Crippen LogP contribution is -2.23. The van der Waals surface area contributed by atoms with Gasteiger partial charge in [0.15, 0.2) is 0 Å². The van der Waals surface area contributed by atoms with Crippen molar-refractivity contribution in [2.24, 2.45) is 7.05 Å². The largest absolute Gasteiger partial charge is 0.465 e. The highest BCUT2D eigenvalue weighted by molar-refractivity contribution is 7.11. The van der Waals surface area contributed by atoms with E-state index in [9.17, 15) is 9.18 Å². The summed E-state index contributed by atoms with van der Waals surface area (Å²) in [4.78, 5) is 16.6. The zero-order valence-electron chi connectivity index (χ0n) is 15.2. The molecule has 7 nitrogen and oxygen atoms in total. The van der Waals surface area contributed by atoms with E-state index in [1.54, 1.807) is 29.6 Å².